The van der Waals surface area contributed by atoms with Gasteiger partial charge in [0.05, 0.1) is 29.6 Å². The zero-order chi connectivity index (χ0) is 25.1. The zero-order valence-corrected chi connectivity index (χ0v) is 21.7. The smallest absolute Gasteiger partial charge is 0.267 e. The van der Waals surface area contributed by atoms with Crippen molar-refractivity contribution in [1.82, 2.24) is 15.0 Å². The summed E-state index contributed by atoms with van der Waals surface area (Å²) in [4.78, 5) is 33.3. The second-order valence-electron chi connectivity index (χ2n) is 8.51. The van der Waals surface area contributed by atoms with E-state index in [-0.39, 0.29) is 17.2 Å². The highest BCUT2D eigenvalue weighted by atomic mass is 32.2. The molecule has 0 aliphatic heterocycles. The number of carbonyl (C=O) groups is 1. The minimum absolute atomic E-state index is 0.0677. The van der Waals surface area contributed by atoms with Gasteiger partial charge in [0.15, 0.2) is 5.16 Å². The first-order valence-electron chi connectivity index (χ1n) is 11.8. The molecule has 0 saturated carbocycles. The molecule has 1 N–H and O–H groups in total. The van der Waals surface area contributed by atoms with E-state index < -0.39 is 0 Å². The average molecular weight is 519 g/mol. The van der Waals surface area contributed by atoms with E-state index >= 15 is 0 Å². The van der Waals surface area contributed by atoms with Crippen molar-refractivity contribution in [2.45, 2.75) is 37.8 Å². The second kappa shape index (κ2) is 10.7. The quantitative estimate of drug-likeness (QED) is 0.162. The van der Waals surface area contributed by atoms with E-state index in [1.807, 2.05) is 61.5 Å². The molecule has 2 aromatic heterocycles. The van der Waals surface area contributed by atoms with Crippen LogP contribution in [-0.2, 0) is 17.6 Å². The van der Waals surface area contributed by atoms with Gasteiger partial charge in [-0.3, -0.25) is 14.2 Å². The Bertz CT molecular complexity index is 1490. The number of hydrogen-bond acceptors (Lipinski definition) is 7. The van der Waals surface area contributed by atoms with Gasteiger partial charge >= 0.3 is 0 Å². The Hall–Kier alpha value is -3.43. The van der Waals surface area contributed by atoms with Crippen molar-refractivity contribution in [3.8, 4) is 11.4 Å². The van der Waals surface area contributed by atoms with Crippen molar-refractivity contribution in [2.24, 2.45) is 5.10 Å². The van der Waals surface area contributed by atoms with Gasteiger partial charge in [-0.25, -0.2) is 10.4 Å². The number of hydrogen-bond donors (Lipinski definition) is 1. The molecule has 0 radical (unpaired) electrons. The molecule has 0 fully saturated rings. The monoisotopic (exact) mass is 518 g/mol. The highest BCUT2D eigenvalue weighted by Crippen LogP contribution is 2.35. The third-order valence-electron chi connectivity index (χ3n) is 6.16. The third kappa shape index (κ3) is 4.94. The van der Waals surface area contributed by atoms with Crippen molar-refractivity contribution in [3.05, 3.63) is 81.0 Å². The van der Waals surface area contributed by atoms with E-state index in [1.54, 1.807) is 23.0 Å². The summed E-state index contributed by atoms with van der Waals surface area (Å²) in [5.41, 5.74) is 6.01. The Kier molecular flexibility index (Phi) is 7.20. The number of rotatable bonds is 7. The van der Waals surface area contributed by atoms with Crippen molar-refractivity contribution >= 4 is 44.9 Å². The minimum atomic E-state index is -0.271. The van der Waals surface area contributed by atoms with E-state index in [1.165, 1.54) is 16.6 Å². The lowest BCUT2D eigenvalue weighted by Crippen LogP contribution is -2.24. The first kappa shape index (κ1) is 24.3. The lowest BCUT2D eigenvalue weighted by molar-refractivity contribution is -0.118. The Balaban J connectivity index is 1.40. The number of thiophene rings is 1. The van der Waals surface area contributed by atoms with Gasteiger partial charge in [0.25, 0.3) is 11.5 Å². The van der Waals surface area contributed by atoms with Crippen molar-refractivity contribution in [1.29, 1.82) is 0 Å². The molecule has 0 atom stereocenters. The van der Waals surface area contributed by atoms with E-state index in [2.05, 4.69) is 10.5 Å². The van der Waals surface area contributed by atoms with Crippen LogP contribution in [0.1, 0.15) is 35.8 Å². The molecular formula is C27H26N4O3S2. The van der Waals surface area contributed by atoms with Gasteiger partial charge in [0.1, 0.15) is 10.6 Å². The molecule has 9 heteroatoms. The molecule has 184 valence electrons. The number of aromatic nitrogens is 2. The molecule has 7 nitrogen and oxygen atoms in total. The molecule has 1 aliphatic carbocycles. The van der Waals surface area contributed by atoms with Gasteiger partial charge in [-0.1, -0.05) is 30.0 Å². The maximum Gasteiger partial charge on any atom is 0.267 e. The summed E-state index contributed by atoms with van der Waals surface area (Å²) in [5, 5.41) is 5.46. The first-order chi connectivity index (χ1) is 17.5. The Morgan fingerprint density at radius 1 is 1.14 bits per heavy atom. The largest absolute Gasteiger partial charge is 0.497 e. The topological polar surface area (TPSA) is 85.6 Å². The maximum absolute atomic E-state index is 13.7. The van der Waals surface area contributed by atoms with E-state index in [0.717, 1.165) is 58.5 Å². The van der Waals surface area contributed by atoms with Crippen LogP contribution in [0.25, 0.3) is 15.9 Å². The molecule has 0 saturated heterocycles. The molecule has 1 amide bonds. The number of hydrazone groups is 1. The maximum atomic E-state index is 13.7. The molecule has 1 aliphatic rings. The van der Waals surface area contributed by atoms with Crippen LogP contribution in [0.4, 0.5) is 0 Å². The number of amides is 1. The predicted octanol–water partition coefficient (Wildman–Crippen LogP) is 4.97. The third-order valence-corrected chi connectivity index (χ3v) is 8.29. The van der Waals surface area contributed by atoms with Gasteiger partial charge < -0.3 is 4.74 Å². The van der Waals surface area contributed by atoms with Crippen LogP contribution in [0.2, 0.25) is 0 Å². The molecular weight excluding hydrogens is 492 g/mol. The lowest BCUT2D eigenvalue weighted by Gasteiger charge is -2.13. The molecule has 5 rings (SSSR count). The summed E-state index contributed by atoms with van der Waals surface area (Å²) in [6, 6.07) is 16.9. The van der Waals surface area contributed by atoms with Crippen LogP contribution in [-0.4, -0.2) is 34.0 Å². The van der Waals surface area contributed by atoms with Gasteiger partial charge in [-0.05, 0) is 80.1 Å². The van der Waals surface area contributed by atoms with Gasteiger partial charge in [0, 0.05) is 4.88 Å². The van der Waals surface area contributed by atoms with E-state index in [9.17, 15) is 9.59 Å². The van der Waals surface area contributed by atoms with Crippen molar-refractivity contribution in [3.63, 3.8) is 0 Å². The minimum Gasteiger partial charge on any atom is -0.497 e. The molecule has 2 aromatic carbocycles. The zero-order valence-electron chi connectivity index (χ0n) is 20.1. The molecule has 36 heavy (non-hydrogen) atoms. The molecule has 0 unspecified atom stereocenters. The number of nitrogens with one attached hydrogen (secondary N) is 1. The van der Waals surface area contributed by atoms with Crippen LogP contribution in [0.15, 0.2) is 69.6 Å². The summed E-state index contributed by atoms with van der Waals surface area (Å²) < 4.78 is 6.81. The Morgan fingerprint density at radius 2 is 1.89 bits per heavy atom. The molecule has 2 heterocycles. The predicted molar refractivity (Wildman–Crippen MR) is 146 cm³/mol. The number of benzene rings is 2. The van der Waals surface area contributed by atoms with Crippen LogP contribution in [0.3, 0.4) is 0 Å². The highest BCUT2D eigenvalue weighted by Gasteiger charge is 2.23. The summed E-state index contributed by atoms with van der Waals surface area (Å²) in [6.45, 7) is 1.83. The SMILES string of the molecule is COc1ccc(/C(C)=N/NC(=O)CSc2nc3sc4c(c3c(=O)n2-c2ccccc2)CCCC4)cc1. The van der Waals surface area contributed by atoms with Crippen LogP contribution in [0, 0.1) is 0 Å². The van der Waals surface area contributed by atoms with Crippen LogP contribution in [0.5, 0.6) is 5.75 Å². The van der Waals surface area contributed by atoms with Crippen molar-refractivity contribution < 1.29 is 9.53 Å². The molecule has 0 spiro atoms. The number of thioether (sulfide) groups is 1. The Morgan fingerprint density at radius 3 is 2.64 bits per heavy atom. The van der Waals surface area contributed by atoms with Crippen molar-refractivity contribution in [2.75, 3.05) is 12.9 Å². The number of aryl methyl sites for hydroxylation is 2. The second-order valence-corrected chi connectivity index (χ2v) is 10.5. The molecule has 4 aromatic rings. The average Bonchev–Trinajstić information content (AvgIpc) is 3.30. The first-order valence-corrected chi connectivity index (χ1v) is 13.6. The summed E-state index contributed by atoms with van der Waals surface area (Å²) in [5.74, 6) is 0.565. The summed E-state index contributed by atoms with van der Waals surface area (Å²) in [7, 11) is 1.62. The van der Waals surface area contributed by atoms with Gasteiger partial charge in [-0.15, -0.1) is 11.3 Å². The van der Waals surface area contributed by atoms with Gasteiger partial charge in [0.2, 0.25) is 0 Å². The fraction of sp³-hybridized carbons (Fsp3) is 0.259. The number of fused-ring (bicyclic) bond motifs is 3. The number of para-hydroxylation sites is 1. The van der Waals surface area contributed by atoms with E-state index in [4.69, 9.17) is 9.72 Å². The normalized spacial score (nSPS) is 13.4. The molecule has 0 bridgehead atoms. The number of methoxy groups -OCH3 is 1. The standard InChI is InChI=1S/C27H26N4O3S2/c1-17(18-12-14-20(34-2)15-13-18)29-30-23(32)16-35-27-28-25-24(21-10-6-7-11-22(21)36-25)26(33)31(27)19-8-4-3-5-9-19/h3-5,8-9,12-15H,6-7,10-11,16H2,1-2H3,(H,30,32)/b29-17+. The fourth-order valence-electron chi connectivity index (χ4n) is 4.29. The van der Waals surface area contributed by atoms with Crippen LogP contribution >= 0.6 is 23.1 Å². The summed E-state index contributed by atoms with van der Waals surface area (Å²) >= 11 is 2.85. The van der Waals surface area contributed by atoms with Gasteiger partial charge in [-0.2, -0.15) is 5.10 Å². The summed E-state index contributed by atoms with van der Waals surface area (Å²) in [6.07, 6.45) is 4.15. The number of ether oxygens (including phenoxy) is 1. The number of carbonyl (C=O) groups excluding carboxylic acids is 1. The fourth-order valence-corrected chi connectivity index (χ4v) is 6.40. The number of nitrogens with zero attached hydrogens (tertiary/aromatic N) is 3. The van der Waals surface area contributed by atoms with Crippen LogP contribution < -0.4 is 15.7 Å². The highest BCUT2D eigenvalue weighted by molar-refractivity contribution is 7.99. The Labute approximate surface area is 217 Å². The van der Waals surface area contributed by atoms with E-state index in [0.29, 0.717) is 10.9 Å². The lowest BCUT2D eigenvalue weighted by atomic mass is 9.97.